The molecule has 4 nitrogen and oxygen atoms in total. The summed E-state index contributed by atoms with van der Waals surface area (Å²) in [6, 6.07) is 11.9. The maximum atomic E-state index is 12.4. The normalized spacial score (nSPS) is 16.3. The van der Waals surface area contributed by atoms with E-state index in [2.05, 4.69) is 16.5 Å². The number of benzene rings is 1. The van der Waals surface area contributed by atoms with Crippen LogP contribution in [-0.4, -0.2) is 15.7 Å². The smallest absolute Gasteiger partial charge is 0.225 e. The van der Waals surface area contributed by atoms with Gasteiger partial charge in [0.15, 0.2) is 0 Å². The lowest BCUT2D eigenvalue weighted by Gasteiger charge is -2.24. The van der Waals surface area contributed by atoms with Gasteiger partial charge < -0.3 is 5.32 Å². The molecule has 1 amide bonds. The zero-order valence-corrected chi connectivity index (χ0v) is 15.9. The number of hydrogen-bond donors (Lipinski definition) is 1. The summed E-state index contributed by atoms with van der Waals surface area (Å²) in [7, 11) is 0. The highest BCUT2D eigenvalue weighted by molar-refractivity contribution is 7.10. The lowest BCUT2D eigenvalue weighted by molar-refractivity contribution is -0.121. The van der Waals surface area contributed by atoms with Crippen molar-refractivity contribution < 1.29 is 4.79 Å². The number of aromatic nitrogens is 2. The molecular weight excluding hydrogens is 366 g/mol. The number of halogens is 1. The average Bonchev–Trinajstić information content (AvgIpc) is 3.26. The molecule has 1 aromatic carbocycles. The van der Waals surface area contributed by atoms with Crippen molar-refractivity contribution >= 4 is 28.8 Å². The van der Waals surface area contributed by atoms with Crippen LogP contribution in [0.4, 0.5) is 0 Å². The number of fused-ring (bicyclic) bond motifs is 1. The van der Waals surface area contributed by atoms with Crippen molar-refractivity contribution in [2.75, 3.05) is 0 Å². The van der Waals surface area contributed by atoms with E-state index in [-0.39, 0.29) is 11.9 Å². The lowest BCUT2D eigenvalue weighted by Crippen LogP contribution is -2.32. The Labute approximate surface area is 161 Å². The Balaban J connectivity index is 1.48. The maximum Gasteiger partial charge on any atom is 0.225 e. The van der Waals surface area contributed by atoms with E-state index in [9.17, 15) is 4.79 Å². The molecule has 0 fully saturated rings. The van der Waals surface area contributed by atoms with Crippen LogP contribution in [0.15, 0.2) is 48.0 Å². The number of amides is 1. The number of hydrogen-bond acceptors (Lipinski definition) is 3. The fourth-order valence-corrected chi connectivity index (χ4v) is 4.45. The minimum absolute atomic E-state index is 0.0549. The summed E-state index contributed by atoms with van der Waals surface area (Å²) >= 11 is 7.71. The second-order valence-electron chi connectivity index (χ2n) is 6.60. The molecule has 26 heavy (non-hydrogen) atoms. The van der Waals surface area contributed by atoms with Crippen LogP contribution in [0.5, 0.6) is 0 Å². The predicted molar refractivity (Wildman–Crippen MR) is 105 cm³/mol. The Morgan fingerprint density at radius 3 is 3.08 bits per heavy atom. The van der Waals surface area contributed by atoms with Crippen LogP contribution in [0, 0.1) is 0 Å². The zero-order valence-electron chi connectivity index (χ0n) is 14.3. The lowest BCUT2D eigenvalue weighted by atomic mass is 9.92. The Kier molecular flexibility index (Phi) is 5.09. The van der Waals surface area contributed by atoms with Gasteiger partial charge in [0, 0.05) is 21.2 Å². The quantitative estimate of drug-likeness (QED) is 0.708. The first-order chi connectivity index (χ1) is 12.7. The molecule has 0 saturated heterocycles. The molecule has 2 aromatic heterocycles. The molecule has 1 aliphatic rings. The number of nitrogens with zero attached hydrogens (tertiary/aromatic N) is 2. The van der Waals surface area contributed by atoms with Gasteiger partial charge >= 0.3 is 0 Å². The van der Waals surface area contributed by atoms with E-state index in [1.54, 1.807) is 11.3 Å². The van der Waals surface area contributed by atoms with Crippen LogP contribution in [0.3, 0.4) is 0 Å². The van der Waals surface area contributed by atoms with E-state index >= 15 is 0 Å². The summed E-state index contributed by atoms with van der Waals surface area (Å²) in [6.07, 6.45) is 5.37. The van der Waals surface area contributed by atoms with Crippen molar-refractivity contribution in [1.82, 2.24) is 15.1 Å². The molecule has 4 rings (SSSR count). The van der Waals surface area contributed by atoms with Gasteiger partial charge in [0.05, 0.1) is 25.2 Å². The predicted octanol–water partition coefficient (Wildman–Crippen LogP) is 4.38. The van der Waals surface area contributed by atoms with E-state index in [0.29, 0.717) is 13.0 Å². The highest BCUT2D eigenvalue weighted by Crippen LogP contribution is 2.30. The first kappa shape index (κ1) is 17.3. The SMILES string of the molecule is O=C(Cc1cccs1)N[C@H]1CCCc2c1cnn2Cc1cccc(Cl)c1. The minimum Gasteiger partial charge on any atom is -0.349 e. The largest absolute Gasteiger partial charge is 0.349 e. The Hall–Kier alpha value is -2.11. The third-order valence-corrected chi connectivity index (χ3v) is 5.85. The van der Waals surface area contributed by atoms with Gasteiger partial charge in [-0.15, -0.1) is 11.3 Å². The summed E-state index contributed by atoms with van der Waals surface area (Å²) < 4.78 is 2.04. The van der Waals surface area contributed by atoms with Crippen LogP contribution >= 0.6 is 22.9 Å². The molecule has 0 aliphatic heterocycles. The molecule has 3 aromatic rings. The Morgan fingerprint density at radius 2 is 2.27 bits per heavy atom. The summed E-state index contributed by atoms with van der Waals surface area (Å²) in [6.45, 7) is 0.700. The van der Waals surface area contributed by atoms with Crippen LogP contribution in [-0.2, 0) is 24.2 Å². The van der Waals surface area contributed by atoms with Crippen molar-refractivity contribution in [3.8, 4) is 0 Å². The van der Waals surface area contributed by atoms with E-state index in [4.69, 9.17) is 11.6 Å². The third-order valence-electron chi connectivity index (χ3n) is 4.73. The van der Waals surface area contributed by atoms with E-state index in [0.717, 1.165) is 40.3 Å². The summed E-state index contributed by atoms with van der Waals surface area (Å²) in [5, 5.41) is 10.5. The Morgan fingerprint density at radius 1 is 1.35 bits per heavy atom. The molecule has 0 unspecified atom stereocenters. The van der Waals surface area contributed by atoms with Gasteiger partial charge in [-0.1, -0.05) is 29.8 Å². The molecule has 134 valence electrons. The van der Waals surface area contributed by atoms with Gasteiger partial charge in [0.2, 0.25) is 5.91 Å². The number of nitrogens with one attached hydrogen (secondary N) is 1. The molecule has 0 spiro atoms. The van der Waals surface area contributed by atoms with Gasteiger partial charge in [-0.2, -0.15) is 5.10 Å². The monoisotopic (exact) mass is 385 g/mol. The van der Waals surface area contributed by atoms with Gasteiger partial charge in [0.25, 0.3) is 0 Å². The summed E-state index contributed by atoms with van der Waals surface area (Å²) in [5.41, 5.74) is 3.50. The average molecular weight is 386 g/mol. The third kappa shape index (κ3) is 3.84. The molecule has 2 heterocycles. The van der Waals surface area contributed by atoms with Gasteiger partial charge in [-0.05, 0) is 48.4 Å². The second kappa shape index (κ2) is 7.64. The molecule has 1 aliphatic carbocycles. The van der Waals surface area contributed by atoms with E-state index in [1.165, 1.54) is 5.69 Å². The van der Waals surface area contributed by atoms with Crippen molar-refractivity contribution in [2.45, 2.75) is 38.3 Å². The number of rotatable bonds is 5. The first-order valence-corrected chi connectivity index (χ1v) is 10.1. The molecule has 0 bridgehead atoms. The summed E-state index contributed by atoms with van der Waals surface area (Å²) in [4.78, 5) is 13.5. The Bertz CT molecular complexity index is 904. The van der Waals surface area contributed by atoms with E-state index < -0.39 is 0 Å². The molecule has 1 atom stereocenters. The standard InChI is InChI=1S/C20H20ClN3OS/c21-15-5-1-4-14(10-15)13-24-19-8-2-7-18(17(19)12-22-24)23-20(25)11-16-6-3-9-26-16/h1,3-6,9-10,12,18H,2,7-8,11,13H2,(H,23,25)/t18-/m0/s1. The highest BCUT2D eigenvalue weighted by Gasteiger charge is 2.25. The van der Waals surface area contributed by atoms with Gasteiger partial charge in [-0.3, -0.25) is 9.48 Å². The van der Waals surface area contributed by atoms with Crippen LogP contribution in [0.2, 0.25) is 5.02 Å². The van der Waals surface area contributed by atoms with Crippen LogP contribution in [0.25, 0.3) is 0 Å². The molecule has 1 N–H and O–H groups in total. The first-order valence-electron chi connectivity index (χ1n) is 8.80. The number of thiophene rings is 1. The molecule has 6 heteroatoms. The number of carbonyl (C=O) groups excluding carboxylic acids is 1. The maximum absolute atomic E-state index is 12.4. The van der Waals surface area contributed by atoms with Gasteiger partial charge in [0.1, 0.15) is 0 Å². The fraction of sp³-hybridized carbons (Fsp3) is 0.300. The van der Waals surface area contributed by atoms with Crippen molar-refractivity contribution in [2.24, 2.45) is 0 Å². The second-order valence-corrected chi connectivity index (χ2v) is 8.07. The van der Waals surface area contributed by atoms with Gasteiger partial charge in [-0.25, -0.2) is 0 Å². The molecular formula is C20H20ClN3OS. The topological polar surface area (TPSA) is 46.9 Å². The highest BCUT2D eigenvalue weighted by atomic mass is 35.5. The minimum atomic E-state index is 0.0549. The molecule has 0 saturated carbocycles. The zero-order chi connectivity index (χ0) is 17.9. The van der Waals surface area contributed by atoms with Crippen LogP contribution < -0.4 is 5.32 Å². The van der Waals surface area contributed by atoms with Crippen molar-refractivity contribution in [3.63, 3.8) is 0 Å². The number of carbonyl (C=O) groups is 1. The van der Waals surface area contributed by atoms with Crippen LogP contribution in [0.1, 0.15) is 40.6 Å². The fourth-order valence-electron chi connectivity index (χ4n) is 3.53. The summed E-state index contributed by atoms with van der Waals surface area (Å²) in [5.74, 6) is 0.0768. The van der Waals surface area contributed by atoms with Crippen molar-refractivity contribution in [3.05, 3.63) is 74.7 Å². The van der Waals surface area contributed by atoms with Crippen molar-refractivity contribution in [1.29, 1.82) is 0 Å². The molecule has 0 radical (unpaired) electrons. The van der Waals surface area contributed by atoms with E-state index in [1.807, 2.05) is 46.6 Å².